The molecular weight excluding hydrogens is 150 g/mol. The first kappa shape index (κ1) is 9.72. The standard InChI is InChI=1S/C10H19NO/c1-3-5-9(12)10(2)7-4-6-8(10)11/h8H,3-7,11H2,1-2H3. The highest BCUT2D eigenvalue weighted by molar-refractivity contribution is 5.85. The van der Waals surface area contributed by atoms with E-state index in [0.717, 1.165) is 25.7 Å². The van der Waals surface area contributed by atoms with Crippen LogP contribution in [0.3, 0.4) is 0 Å². The summed E-state index contributed by atoms with van der Waals surface area (Å²) in [5, 5.41) is 0. The van der Waals surface area contributed by atoms with E-state index in [0.29, 0.717) is 12.2 Å². The minimum absolute atomic E-state index is 0.108. The minimum Gasteiger partial charge on any atom is -0.327 e. The molecule has 1 saturated carbocycles. The minimum atomic E-state index is -0.198. The van der Waals surface area contributed by atoms with E-state index in [1.165, 1.54) is 0 Å². The zero-order valence-corrected chi connectivity index (χ0v) is 8.10. The molecule has 0 aromatic rings. The number of rotatable bonds is 3. The Morgan fingerprint density at radius 2 is 2.33 bits per heavy atom. The highest BCUT2D eigenvalue weighted by atomic mass is 16.1. The number of carbonyl (C=O) groups excluding carboxylic acids is 1. The summed E-state index contributed by atoms with van der Waals surface area (Å²) in [6.07, 6.45) is 4.78. The Kier molecular flexibility index (Phi) is 2.89. The summed E-state index contributed by atoms with van der Waals surface area (Å²) < 4.78 is 0. The van der Waals surface area contributed by atoms with Crippen LogP contribution in [0, 0.1) is 5.41 Å². The van der Waals surface area contributed by atoms with Gasteiger partial charge in [0.15, 0.2) is 0 Å². The molecule has 0 amide bonds. The van der Waals surface area contributed by atoms with Crippen molar-refractivity contribution in [1.82, 2.24) is 0 Å². The van der Waals surface area contributed by atoms with E-state index in [2.05, 4.69) is 0 Å². The van der Waals surface area contributed by atoms with Gasteiger partial charge >= 0.3 is 0 Å². The van der Waals surface area contributed by atoms with Crippen molar-refractivity contribution in [1.29, 1.82) is 0 Å². The maximum absolute atomic E-state index is 11.7. The van der Waals surface area contributed by atoms with E-state index in [9.17, 15) is 4.79 Å². The Hall–Kier alpha value is -0.370. The van der Waals surface area contributed by atoms with Gasteiger partial charge in [0.05, 0.1) is 0 Å². The molecule has 2 N–H and O–H groups in total. The Morgan fingerprint density at radius 1 is 1.67 bits per heavy atom. The molecule has 1 aliphatic rings. The fourth-order valence-corrected chi connectivity index (χ4v) is 2.05. The average Bonchev–Trinajstić information content (AvgIpc) is 2.34. The SMILES string of the molecule is CCCC(=O)C1(C)CCCC1N. The molecule has 2 unspecified atom stereocenters. The highest BCUT2D eigenvalue weighted by Crippen LogP contribution is 2.38. The van der Waals surface area contributed by atoms with Crippen molar-refractivity contribution in [3.8, 4) is 0 Å². The van der Waals surface area contributed by atoms with Gasteiger partial charge in [0.2, 0.25) is 0 Å². The van der Waals surface area contributed by atoms with Crippen molar-refractivity contribution in [3.05, 3.63) is 0 Å². The van der Waals surface area contributed by atoms with Crippen LogP contribution in [0.25, 0.3) is 0 Å². The van der Waals surface area contributed by atoms with Gasteiger partial charge in [-0.3, -0.25) is 4.79 Å². The van der Waals surface area contributed by atoms with Crippen molar-refractivity contribution in [2.45, 2.75) is 52.0 Å². The van der Waals surface area contributed by atoms with Crippen LogP contribution in [0.5, 0.6) is 0 Å². The van der Waals surface area contributed by atoms with Gasteiger partial charge in [-0.15, -0.1) is 0 Å². The molecule has 70 valence electrons. The fraction of sp³-hybridized carbons (Fsp3) is 0.900. The monoisotopic (exact) mass is 169 g/mol. The van der Waals surface area contributed by atoms with Gasteiger partial charge in [-0.25, -0.2) is 0 Å². The number of ketones is 1. The largest absolute Gasteiger partial charge is 0.327 e. The zero-order valence-electron chi connectivity index (χ0n) is 8.10. The van der Waals surface area contributed by atoms with Crippen LogP contribution in [0.15, 0.2) is 0 Å². The lowest BCUT2D eigenvalue weighted by Gasteiger charge is -2.27. The normalized spacial score (nSPS) is 35.4. The summed E-state index contributed by atoms with van der Waals surface area (Å²) in [7, 11) is 0. The van der Waals surface area contributed by atoms with Crippen molar-refractivity contribution in [2.75, 3.05) is 0 Å². The van der Waals surface area contributed by atoms with Crippen LogP contribution in [-0.4, -0.2) is 11.8 Å². The van der Waals surface area contributed by atoms with E-state index < -0.39 is 0 Å². The highest BCUT2D eigenvalue weighted by Gasteiger charge is 2.41. The van der Waals surface area contributed by atoms with Crippen molar-refractivity contribution in [3.63, 3.8) is 0 Å². The second kappa shape index (κ2) is 3.56. The maximum atomic E-state index is 11.7. The second-order valence-corrected chi connectivity index (χ2v) is 4.09. The molecule has 1 rings (SSSR count). The summed E-state index contributed by atoms with van der Waals surface area (Å²) in [6.45, 7) is 4.07. The summed E-state index contributed by atoms with van der Waals surface area (Å²) in [5.74, 6) is 0.370. The van der Waals surface area contributed by atoms with Crippen LogP contribution in [0.1, 0.15) is 46.0 Å². The number of hydrogen-bond donors (Lipinski definition) is 1. The van der Waals surface area contributed by atoms with Gasteiger partial charge in [-0.05, 0) is 19.3 Å². The molecule has 0 aromatic heterocycles. The smallest absolute Gasteiger partial charge is 0.140 e. The van der Waals surface area contributed by atoms with Crippen molar-refractivity contribution < 1.29 is 4.79 Å². The van der Waals surface area contributed by atoms with Crippen molar-refractivity contribution >= 4 is 5.78 Å². The van der Waals surface area contributed by atoms with Crippen LogP contribution < -0.4 is 5.73 Å². The van der Waals surface area contributed by atoms with E-state index in [1.54, 1.807) is 0 Å². The molecule has 0 bridgehead atoms. The molecule has 2 atom stereocenters. The van der Waals surface area contributed by atoms with E-state index in [-0.39, 0.29) is 11.5 Å². The van der Waals surface area contributed by atoms with E-state index in [4.69, 9.17) is 5.73 Å². The number of nitrogens with two attached hydrogens (primary N) is 1. The lowest BCUT2D eigenvalue weighted by Crippen LogP contribution is -2.40. The fourth-order valence-electron chi connectivity index (χ4n) is 2.05. The van der Waals surface area contributed by atoms with E-state index in [1.807, 2.05) is 13.8 Å². The molecular formula is C10H19NO. The molecule has 0 aliphatic heterocycles. The summed E-state index contributed by atoms with van der Waals surface area (Å²) in [4.78, 5) is 11.7. The lowest BCUT2D eigenvalue weighted by atomic mass is 9.79. The first-order valence-electron chi connectivity index (χ1n) is 4.90. The molecule has 0 spiro atoms. The molecule has 12 heavy (non-hydrogen) atoms. The van der Waals surface area contributed by atoms with Gasteiger partial charge in [-0.2, -0.15) is 0 Å². The second-order valence-electron chi connectivity index (χ2n) is 4.09. The van der Waals surface area contributed by atoms with Gasteiger partial charge in [-0.1, -0.05) is 20.3 Å². The Labute approximate surface area is 74.5 Å². The van der Waals surface area contributed by atoms with Gasteiger partial charge in [0.25, 0.3) is 0 Å². The molecule has 0 saturated heterocycles. The summed E-state index contributed by atoms with van der Waals surface area (Å²) in [6, 6.07) is 0.108. The molecule has 1 aliphatic carbocycles. The van der Waals surface area contributed by atoms with Crippen LogP contribution in [0.4, 0.5) is 0 Å². The predicted octanol–water partition coefficient (Wildman–Crippen LogP) is 1.87. The van der Waals surface area contributed by atoms with Crippen molar-refractivity contribution in [2.24, 2.45) is 11.1 Å². The number of carbonyl (C=O) groups is 1. The first-order chi connectivity index (χ1) is 5.61. The molecule has 0 radical (unpaired) electrons. The van der Waals surface area contributed by atoms with Crippen LogP contribution in [0.2, 0.25) is 0 Å². The van der Waals surface area contributed by atoms with E-state index >= 15 is 0 Å². The molecule has 0 aromatic carbocycles. The maximum Gasteiger partial charge on any atom is 0.140 e. The average molecular weight is 169 g/mol. The predicted molar refractivity (Wildman–Crippen MR) is 49.8 cm³/mol. The third-order valence-corrected chi connectivity index (χ3v) is 3.14. The Balaban J connectivity index is 2.63. The lowest BCUT2D eigenvalue weighted by molar-refractivity contribution is -0.128. The van der Waals surface area contributed by atoms with Gasteiger partial charge in [0, 0.05) is 17.9 Å². The Bertz CT molecular complexity index is 179. The van der Waals surface area contributed by atoms with Crippen LogP contribution in [-0.2, 0) is 4.79 Å². The summed E-state index contributed by atoms with van der Waals surface area (Å²) in [5.41, 5.74) is 5.73. The topological polar surface area (TPSA) is 43.1 Å². The van der Waals surface area contributed by atoms with Gasteiger partial charge in [0.1, 0.15) is 5.78 Å². The number of Topliss-reactive ketones (excluding diaryl/α,β-unsaturated/α-hetero) is 1. The molecule has 2 nitrogen and oxygen atoms in total. The quantitative estimate of drug-likeness (QED) is 0.701. The molecule has 1 fully saturated rings. The number of hydrogen-bond acceptors (Lipinski definition) is 2. The third-order valence-electron chi connectivity index (χ3n) is 3.14. The van der Waals surface area contributed by atoms with Gasteiger partial charge < -0.3 is 5.73 Å². The summed E-state index contributed by atoms with van der Waals surface area (Å²) >= 11 is 0. The van der Waals surface area contributed by atoms with Crippen LogP contribution >= 0.6 is 0 Å². The molecule has 2 heteroatoms. The molecule has 0 heterocycles. The zero-order chi connectivity index (χ0) is 9.19. The Morgan fingerprint density at radius 3 is 2.75 bits per heavy atom. The first-order valence-corrected chi connectivity index (χ1v) is 4.90. The third kappa shape index (κ3) is 1.53.